The molecule has 0 aliphatic heterocycles. The molecule has 1 aromatic rings. The van der Waals surface area contributed by atoms with Crippen molar-refractivity contribution in [3.63, 3.8) is 0 Å². The molecule has 0 spiro atoms. The van der Waals surface area contributed by atoms with Gasteiger partial charge in [0, 0.05) is 45.5 Å². The summed E-state index contributed by atoms with van der Waals surface area (Å²) in [7, 11) is 1.75. The highest BCUT2D eigenvalue weighted by Crippen LogP contribution is 2.41. The lowest BCUT2D eigenvalue weighted by Crippen LogP contribution is -2.42. The Kier molecular flexibility index (Phi) is 12.2. The Bertz CT molecular complexity index is 694. The fourth-order valence-corrected chi connectivity index (χ4v) is 3.71. The third-order valence-electron chi connectivity index (χ3n) is 5.55. The van der Waals surface area contributed by atoms with Crippen LogP contribution in [0.5, 0.6) is 0 Å². The summed E-state index contributed by atoms with van der Waals surface area (Å²) in [5.41, 5.74) is 1.09. The van der Waals surface area contributed by atoms with Crippen LogP contribution in [0.15, 0.2) is 23.2 Å². The Morgan fingerprint density at radius 1 is 1.20 bits per heavy atom. The van der Waals surface area contributed by atoms with Crippen LogP contribution >= 0.6 is 24.0 Å². The molecule has 1 aromatic carbocycles. The number of benzene rings is 1. The molecule has 3 N–H and O–H groups in total. The van der Waals surface area contributed by atoms with Gasteiger partial charge in [-0.1, -0.05) is 18.9 Å². The van der Waals surface area contributed by atoms with Crippen molar-refractivity contribution >= 4 is 35.8 Å². The van der Waals surface area contributed by atoms with Crippen LogP contribution in [0.3, 0.4) is 0 Å². The van der Waals surface area contributed by atoms with Gasteiger partial charge < -0.3 is 20.7 Å². The van der Waals surface area contributed by atoms with E-state index in [1.165, 1.54) is 31.7 Å². The minimum atomic E-state index is -0.369. The molecule has 0 atom stereocenters. The number of carbonyl (C=O) groups is 1. The monoisotopic (exact) mass is 534 g/mol. The molecular formula is C22H36FIN4O2. The maximum absolute atomic E-state index is 13.6. The van der Waals surface area contributed by atoms with E-state index >= 15 is 0 Å². The lowest BCUT2D eigenvalue weighted by atomic mass is 9.83. The van der Waals surface area contributed by atoms with E-state index in [2.05, 4.69) is 16.0 Å². The van der Waals surface area contributed by atoms with Crippen molar-refractivity contribution in [3.8, 4) is 0 Å². The highest BCUT2D eigenvalue weighted by Gasteiger charge is 2.33. The van der Waals surface area contributed by atoms with E-state index in [0.29, 0.717) is 24.2 Å². The number of methoxy groups -OCH3 is 1. The summed E-state index contributed by atoms with van der Waals surface area (Å²) < 4.78 is 18.9. The Morgan fingerprint density at radius 3 is 2.53 bits per heavy atom. The van der Waals surface area contributed by atoms with E-state index in [4.69, 9.17) is 9.73 Å². The summed E-state index contributed by atoms with van der Waals surface area (Å²) in [5.74, 6) is 0.107. The first-order valence-electron chi connectivity index (χ1n) is 10.5. The molecule has 0 heterocycles. The molecule has 6 nitrogen and oxygen atoms in total. The van der Waals surface area contributed by atoms with Gasteiger partial charge in [-0.3, -0.25) is 9.79 Å². The van der Waals surface area contributed by atoms with E-state index in [-0.39, 0.29) is 41.1 Å². The van der Waals surface area contributed by atoms with Crippen LogP contribution in [0.25, 0.3) is 0 Å². The van der Waals surface area contributed by atoms with Gasteiger partial charge in [0.05, 0.1) is 0 Å². The normalized spacial score (nSPS) is 15.4. The predicted molar refractivity (Wildman–Crippen MR) is 130 cm³/mol. The molecule has 1 fully saturated rings. The number of hydrogen-bond acceptors (Lipinski definition) is 3. The van der Waals surface area contributed by atoms with Gasteiger partial charge in [0.25, 0.3) is 5.91 Å². The van der Waals surface area contributed by atoms with E-state index in [1.807, 2.05) is 6.92 Å². The molecule has 0 unspecified atom stereocenters. The molecular weight excluding hydrogens is 498 g/mol. The first-order valence-corrected chi connectivity index (χ1v) is 10.5. The summed E-state index contributed by atoms with van der Waals surface area (Å²) in [6, 6.07) is 4.51. The van der Waals surface area contributed by atoms with E-state index in [1.54, 1.807) is 26.2 Å². The number of amides is 1. The summed E-state index contributed by atoms with van der Waals surface area (Å²) in [6.07, 6.45) is 5.95. The molecule has 0 bridgehead atoms. The first-order chi connectivity index (χ1) is 14.0. The fraction of sp³-hybridized carbons (Fsp3) is 0.636. The second-order valence-electron chi connectivity index (χ2n) is 7.79. The van der Waals surface area contributed by atoms with Crippen LogP contribution < -0.4 is 16.0 Å². The van der Waals surface area contributed by atoms with Crippen LogP contribution in [-0.4, -0.2) is 51.8 Å². The van der Waals surface area contributed by atoms with E-state index in [9.17, 15) is 9.18 Å². The Labute approximate surface area is 196 Å². The average Bonchev–Trinajstić information content (AvgIpc) is 3.18. The van der Waals surface area contributed by atoms with Crippen molar-refractivity contribution in [2.45, 2.75) is 46.0 Å². The highest BCUT2D eigenvalue weighted by atomic mass is 127. The number of ether oxygens (including phenoxy) is 1. The van der Waals surface area contributed by atoms with Gasteiger partial charge >= 0.3 is 0 Å². The number of rotatable bonds is 10. The third kappa shape index (κ3) is 8.37. The van der Waals surface area contributed by atoms with Crippen molar-refractivity contribution in [2.24, 2.45) is 10.4 Å². The molecule has 1 saturated carbocycles. The zero-order valence-electron chi connectivity index (χ0n) is 18.4. The van der Waals surface area contributed by atoms with Gasteiger partial charge in [0.1, 0.15) is 5.82 Å². The predicted octanol–water partition coefficient (Wildman–Crippen LogP) is 3.63. The second-order valence-corrected chi connectivity index (χ2v) is 7.79. The summed E-state index contributed by atoms with van der Waals surface area (Å²) >= 11 is 0. The molecule has 30 heavy (non-hydrogen) atoms. The van der Waals surface area contributed by atoms with Crippen LogP contribution in [0.4, 0.5) is 4.39 Å². The smallest absolute Gasteiger partial charge is 0.251 e. The van der Waals surface area contributed by atoms with Crippen molar-refractivity contribution in [1.29, 1.82) is 0 Å². The Hall–Kier alpha value is -1.42. The van der Waals surface area contributed by atoms with Gasteiger partial charge in [-0.05, 0) is 56.2 Å². The van der Waals surface area contributed by atoms with E-state index < -0.39 is 0 Å². The number of aliphatic imine (C=N–C) groups is 1. The first kappa shape index (κ1) is 26.6. The number of guanidine groups is 1. The molecule has 8 heteroatoms. The summed E-state index contributed by atoms with van der Waals surface area (Å²) in [4.78, 5) is 17.0. The minimum absolute atomic E-state index is 0. The fourth-order valence-electron chi connectivity index (χ4n) is 3.71. The SMILES string of the molecule is CCNC(=NCC1(CCOC)CCCC1)NCCNC(=O)c1ccc(C)c(F)c1.I. The molecule has 2 rings (SSSR count). The topological polar surface area (TPSA) is 74.8 Å². The zero-order chi connectivity index (χ0) is 21.1. The summed E-state index contributed by atoms with van der Waals surface area (Å²) in [6.45, 7) is 6.98. The van der Waals surface area contributed by atoms with Gasteiger partial charge in [-0.15, -0.1) is 24.0 Å². The highest BCUT2D eigenvalue weighted by molar-refractivity contribution is 14.0. The van der Waals surface area contributed by atoms with Gasteiger partial charge in [-0.2, -0.15) is 0 Å². The number of carbonyl (C=O) groups excluding carboxylic acids is 1. The van der Waals surface area contributed by atoms with Gasteiger partial charge in [0.2, 0.25) is 0 Å². The summed E-state index contributed by atoms with van der Waals surface area (Å²) in [5, 5.41) is 9.33. The maximum Gasteiger partial charge on any atom is 0.251 e. The van der Waals surface area contributed by atoms with Gasteiger partial charge in [0.15, 0.2) is 5.96 Å². The number of nitrogens with zero attached hydrogens (tertiary/aromatic N) is 1. The van der Waals surface area contributed by atoms with Crippen molar-refractivity contribution < 1.29 is 13.9 Å². The van der Waals surface area contributed by atoms with Crippen molar-refractivity contribution in [3.05, 3.63) is 35.1 Å². The molecule has 0 radical (unpaired) electrons. The number of aryl methyl sites for hydroxylation is 1. The lowest BCUT2D eigenvalue weighted by molar-refractivity contribution is 0.0954. The molecule has 1 aliphatic rings. The van der Waals surface area contributed by atoms with Crippen molar-refractivity contribution in [2.75, 3.05) is 39.9 Å². The lowest BCUT2D eigenvalue weighted by Gasteiger charge is -2.27. The number of hydrogen-bond donors (Lipinski definition) is 3. The Balaban J connectivity index is 0.00000450. The quantitative estimate of drug-likeness (QED) is 0.186. The molecule has 1 amide bonds. The van der Waals surface area contributed by atoms with E-state index in [0.717, 1.165) is 32.1 Å². The van der Waals surface area contributed by atoms with Crippen LogP contribution in [-0.2, 0) is 4.74 Å². The maximum atomic E-state index is 13.6. The molecule has 0 aromatic heterocycles. The second kappa shape index (κ2) is 13.8. The largest absolute Gasteiger partial charge is 0.385 e. The molecule has 1 aliphatic carbocycles. The standard InChI is InChI=1S/C22H35FN4O2.HI/c1-4-24-21(27-16-22(11-14-29-3)9-5-6-10-22)26-13-12-25-20(28)18-8-7-17(2)19(23)15-18;/h7-8,15H,4-6,9-14,16H2,1-3H3,(H,25,28)(H2,24,26,27);1H. The van der Waals surface area contributed by atoms with Crippen LogP contribution in [0, 0.1) is 18.2 Å². The minimum Gasteiger partial charge on any atom is -0.385 e. The van der Waals surface area contributed by atoms with Gasteiger partial charge in [-0.25, -0.2) is 4.39 Å². The molecule has 170 valence electrons. The number of nitrogens with one attached hydrogen (secondary N) is 3. The van der Waals surface area contributed by atoms with Crippen molar-refractivity contribution in [1.82, 2.24) is 16.0 Å². The Morgan fingerprint density at radius 2 is 1.90 bits per heavy atom. The average molecular weight is 534 g/mol. The zero-order valence-corrected chi connectivity index (χ0v) is 20.7. The molecule has 0 saturated heterocycles. The number of halogens is 2. The van der Waals surface area contributed by atoms with Crippen LogP contribution in [0.2, 0.25) is 0 Å². The third-order valence-corrected chi connectivity index (χ3v) is 5.55. The van der Waals surface area contributed by atoms with Crippen LogP contribution in [0.1, 0.15) is 54.9 Å².